The van der Waals surface area contributed by atoms with Crippen molar-refractivity contribution < 1.29 is 9.53 Å². The summed E-state index contributed by atoms with van der Waals surface area (Å²) in [4.78, 5) is 20.8. The van der Waals surface area contributed by atoms with Crippen molar-refractivity contribution in [3.8, 4) is 0 Å². The molecule has 0 bridgehead atoms. The highest BCUT2D eigenvalue weighted by Gasteiger charge is 2.23. The maximum absolute atomic E-state index is 12.3. The van der Waals surface area contributed by atoms with Crippen LogP contribution in [-0.2, 0) is 22.5 Å². The zero-order chi connectivity index (χ0) is 14.7. The third-order valence-corrected chi connectivity index (χ3v) is 4.47. The molecule has 1 aromatic heterocycles. The molecule has 1 atom stereocenters. The van der Waals surface area contributed by atoms with Crippen LogP contribution in [0, 0.1) is 5.92 Å². The number of nitrogens with zero attached hydrogens (tertiary/aromatic N) is 4. The van der Waals surface area contributed by atoms with Gasteiger partial charge < -0.3 is 14.2 Å². The van der Waals surface area contributed by atoms with Gasteiger partial charge in [-0.15, -0.1) is 0 Å². The van der Waals surface area contributed by atoms with Crippen molar-refractivity contribution in [2.45, 2.75) is 19.4 Å². The van der Waals surface area contributed by atoms with E-state index in [2.05, 4.69) is 14.5 Å². The molecule has 0 N–H and O–H groups in total. The lowest BCUT2D eigenvalue weighted by atomic mass is 9.97. The third kappa shape index (κ3) is 3.63. The Hall–Kier alpha value is -1.40. The molecule has 0 spiro atoms. The molecule has 21 heavy (non-hydrogen) atoms. The van der Waals surface area contributed by atoms with Gasteiger partial charge in [-0.2, -0.15) is 0 Å². The lowest BCUT2D eigenvalue weighted by molar-refractivity contribution is -0.132. The van der Waals surface area contributed by atoms with E-state index in [0.29, 0.717) is 12.5 Å². The molecule has 116 valence electrons. The molecule has 1 saturated heterocycles. The van der Waals surface area contributed by atoms with E-state index in [9.17, 15) is 4.79 Å². The number of morpholine rings is 1. The van der Waals surface area contributed by atoms with Gasteiger partial charge in [0.1, 0.15) is 5.82 Å². The van der Waals surface area contributed by atoms with E-state index in [4.69, 9.17) is 4.74 Å². The second-order valence-electron chi connectivity index (χ2n) is 6.06. The lowest BCUT2D eigenvalue weighted by Crippen LogP contribution is -2.45. The van der Waals surface area contributed by atoms with Crippen LogP contribution in [0.4, 0.5) is 0 Å². The standard InChI is InChI=1S/C15H24N4O2/c1-17(15(20)12-18-6-8-21-9-7-18)11-13-2-4-19-5-3-16-14(19)10-13/h3,5,13H,2,4,6-12H2,1H3. The summed E-state index contributed by atoms with van der Waals surface area (Å²) in [6.07, 6.45) is 6.00. The molecule has 1 amide bonds. The van der Waals surface area contributed by atoms with Crippen LogP contribution in [0.25, 0.3) is 0 Å². The van der Waals surface area contributed by atoms with Crippen LogP contribution in [0.3, 0.4) is 0 Å². The number of fused-ring (bicyclic) bond motifs is 1. The zero-order valence-corrected chi connectivity index (χ0v) is 12.7. The highest BCUT2D eigenvalue weighted by Crippen LogP contribution is 2.19. The van der Waals surface area contributed by atoms with Gasteiger partial charge in [-0.05, 0) is 12.3 Å². The fraction of sp³-hybridized carbons (Fsp3) is 0.733. The number of hydrogen-bond donors (Lipinski definition) is 0. The molecule has 3 rings (SSSR count). The lowest BCUT2D eigenvalue weighted by Gasteiger charge is -2.31. The first-order valence-corrected chi connectivity index (χ1v) is 7.76. The number of aryl methyl sites for hydroxylation is 1. The Morgan fingerprint density at radius 3 is 3.05 bits per heavy atom. The summed E-state index contributed by atoms with van der Waals surface area (Å²) in [6.45, 7) is 5.56. The van der Waals surface area contributed by atoms with E-state index in [0.717, 1.165) is 58.1 Å². The summed E-state index contributed by atoms with van der Waals surface area (Å²) < 4.78 is 7.53. The summed E-state index contributed by atoms with van der Waals surface area (Å²) >= 11 is 0. The van der Waals surface area contributed by atoms with Gasteiger partial charge in [0.25, 0.3) is 0 Å². The van der Waals surface area contributed by atoms with Crippen LogP contribution in [0.15, 0.2) is 12.4 Å². The molecule has 3 heterocycles. The van der Waals surface area contributed by atoms with Gasteiger partial charge in [-0.3, -0.25) is 9.69 Å². The van der Waals surface area contributed by atoms with Crippen LogP contribution in [0.5, 0.6) is 0 Å². The minimum Gasteiger partial charge on any atom is -0.379 e. The van der Waals surface area contributed by atoms with Gasteiger partial charge in [-0.25, -0.2) is 4.98 Å². The van der Waals surface area contributed by atoms with Gasteiger partial charge in [-0.1, -0.05) is 0 Å². The smallest absolute Gasteiger partial charge is 0.236 e. The van der Waals surface area contributed by atoms with Crippen molar-refractivity contribution in [2.24, 2.45) is 5.92 Å². The zero-order valence-electron chi connectivity index (χ0n) is 12.7. The summed E-state index contributed by atoms with van der Waals surface area (Å²) in [5, 5.41) is 0. The minimum absolute atomic E-state index is 0.214. The molecule has 0 aliphatic carbocycles. The van der Waals surface area contributed by atoms with Crippen molar-refractivity contribution in [3.63, 3.8) is 0 Å². The van der Waals surface area contributed by atoms with Crippen molar-refractivity contribution >= 4 is 5.91 Å². The molecule has 6 nitrogen and oxygen atoms in total. The number of aromatic nitrogens is 2. The first-order valence-electron chi connectivity index (χ1n) is 7.76. The Morgan fingerprint density at radius 2 is 2.24 bits per heavy atom. The van der Waals surface area contributed by atoms with Crippen molar-refractivity contribution in [2.75, 3.05) is 46.4 Å². The third-order valence-electron chi connectivity index (χ3n) is 4.47. The van der Waals surface area contributed by atoms with Crippen LogP contribution in [-0.4, -0.2) is 71.7 Å². The number of likely N-dealkylation sites (N-methyl/N-ethyl adjacent to an activating group) is 1. The quantitative estimate of drug-likeness (QED) is 0.797. The van der Waals surface area contributed by atoms with Crippen molar-refractivity contribution in [1.29, 1.82) is 0 Å². The van der Waals surface area contributed by atoms with Gasteiger partial charge in [0, 0.05) is 52.0 Å². The van der Waals surface area contributed by atoms with E-state index >= 15 is 0 Å². The Balaban J connectivity index is 1.47. The van der Waals surface area contributed by atoms with Gasteiger partial charge in [0.05, 0.1) is 19.8 Å². The fourth-order valence-electron chi connectivity index (χ4n) is 3.13. The topological polar surface area (TPSA) is 50.6 Å². The number of carbonyl (C=O) groups is 1. The Morgan fingerprint density at radius 1 is 1.43 bits per heavy atom. The van der Waals surface area contributed by atoms with E-state index in [1.54, 1.807) is 0 Å². The number of rotatable bonds is 4. The SMILES string of the molecule is CN(CC1CCn2ccnc2C1)C(=O)CN1CCOCC1. The van der Waals surface area contributed by atoms with Gasteiger partial charge in [0.2, 0.25) is 5.91 Å². The summed E-state index contributed by atoms with van der Waals surface area (Å²) in [5.74, 6) is 1.89. The Labute approximate surface area is 125 Å². The minimum atomic E-state index is 0.214. The van der Waals surface area contributed by atoms with Crippen LogP contribution >= 0.6 is 0 Å². The van der Waals surface area contributed by atoms with E-state index in [1.807, 2.05) is 24.3 Å². The average molecular weight is 292 g/mol. The van der Waals surface area contributed by atoms with Gasteiger partial charge >= 0.3 is 0 Å². The number of hydrogen-bond acceptors (Lipinski definition) is 4. The summed E-state index contributed by atoms with van der Waals surface area (Å²) in [5.41, 5.74) is 0. The number of carbonyl (C=O) groups excluding carboxylic acids is 1. The molecule has 0 aromatic carbocycles. The first-order chi connectivity index (χ1) is 10.2. The highest BCUT2D eigenvalue weighted by molar-refractivity contribution is 5.78. The maximum atomic E-state index is 12.3. The van der Waals surface area contributed by atoms with E-state index < -0.39 is 0 Å². The predicted octanol–water partition coefficient (Wildman–Crippen LogP) is 0.236. The summed E-state index contributed by atoms with van der Waals surface area (Å²) in [6, 6.07) is 0. The normalized spacial score (nSPS) is 22.8. The van der Waals surface area contributed by atoms with Crippen molar-refractivity contribution in [3.05, 3.63) is 18.2 Å². The highest BCUT2D eigenvalue weighted by atomic mass is 16.5. The Bertz CT molecular complexity index is 482. The molecule has 1 fully saturated rings. The van der Waals surface area contributed by atoms with E-state index in [-0.39, 0.29) is 5.91 Å². The van der Waals surface area contributed by atoms with E-state index in [1.165, 1.54) is 0 Å². The molecule has 2 aliphatic rings. The molecular formula is C15H24N4O2. The second kappa shape index (κ2) is 6.58. The number of imidazole rings is 1. The largest absolute Gasteiger partial charge is 0.379 e. The monoisotopic (exact) mass is 292 g/mol. The second-order valence-corrected chi connectivity index (χ2v) is 6.06. The van der Waals surface area contributed by atoms with Crippen LogP contribution in [0.1, 0.15) is 12.2 Å². The molecule has 6 heteroatoms. The molecule has 1 aromatic rings. The summed E-state index contributed by atoms with van der Waals surface area (Å²) in [7, 11) is 1.92. The van der Waals surface area contributed by atoms with Crippen LogP contribution in [0.2, 0.25) is 0 Å². The molecular weight excluding hydrogens is 268 g/mol. The average Bonchev–Trinajstić information content (AvgIpc) is 2.95. The molecule has 1 unspecified atom stereocenters. The maximum Gasteiger partial charge on any atom is 0.236 e. The molecule has 0 radical (unpaired) electrons. The first kappa shape index (κ1) is 14.5. The molecule has 0 saturated carbocycles. The van der Waals surface area contributed by atoms with Gasteiger partial charge in [0.15, 0.2) is 0 Å². The Kier molecular flexibility index (Phi) is 4.55. The fourth-order valence-corrected chi connectivity index (χ4v) is 3.13. The predicted molar refractivity (Wildman–Crippen MR) is 78.9 cm³/mol. The van der Waals surface area contributed by atoms with Crippen molar-refractivity contribution in [1.82, 2.24) is 19.4 Å². The number of ether oxygens (including phenoxy) is 1. The van der Waals surface area contributed by atoms with Crippen LogP contribution < -0.4 is 0 Å². The molecule has 2 aliphatic heterocycles. The number of amides is 1.